The van der Waals surface area contributed by atoms with Crippen LogP contribution in [-0.2, 0) is 15.6 Å². The van der Waals surface area contributed by atoms with Gasteiger partial charge >= 0.3 is 5.97 Å². The number of hydrogen-bond acceptors (Lipinski definition) is 3. The van der Waals surface area contributed by atoms with Crippen molar-refractivity contribution in [2.75, 3.05) is 12.9 Å². The summed E-state index contributed by atoms with van der Waals surface area (Å²) in [5, 5.41) is 8.49. The van der Waals surface area contributed by atoms with Crippen molar-refractivity contribution in [3.63, 3.8) is 0 Å². The van der Waals surface area contributed by atoms with Crippen LogP contribution in [0.4, 0.5) is 0 Å². The van der Waals surface area contributed by atoms with Gasteiger partial charge in [0.25, 0.3) is 0 Å². The smallest absolute Gasteiger partial charge is 0.303 e. The third-order valence-electron chi connectivity index (χ3n) is 2.53. The van der Waals surface area contributed by atoms with E-state index < -0.39 is 16.8 Å². The minimum Gasteiger partial charge on any atom is -0.495 e. The monoisotopic (exact) mass is 270 g/mol. The first-order chi connectivity index (χ1) is 8.65. The highest BCUT2D eigenvalue weighted by Crippen LogP contribution is 2.22. The van der Waals surface area contributed by atoms with Crippen LogP contribution in [0.25, 0.3) is 0 Å². The maximum absolute atomic E-state index is 12.0. The standard InChI is InChI=1S/C13H18O4S/c1-17-11-7-4-5-8-12(11)18(16)10-6-2-3-9-13(14)15/h4-5,7-8H,2-3,6,9-10H2,1H3,(H,14,15). The van der Waals surface area contributed by atoms with Crippen LogP contribution in [0.3, 0.4) is 0 Å². The first kappa shape index (κ1) is 14.7. The molecule has 0 spiro atoms. The van der Waals surface area contributed by atoms with Gasteiger partial charge in [-0.1, -0.05) is 18.6 Å². The summed E-state index contributed by atoms with van der Waals surface area (Å²) in [4.78, 5) is 11.0. The van der Waals surface area contributed by atoms with Crippen LogP contribution in [0.15, 0.2) is 29.2 Å². The Labute approximate surface area is 109 Å². The predicted molar refractivity (Wildman–Crippen MR) is 70.4 cm³/mol. The third kappa shape index (κ3) is 4.87. The summed E-state index contributed by atoms with van der Waals surface area (Å²) >= 11 is 0. The van der Waals surface area contributed by atoms with Crippen LogP contribution in [0.1, 0.15) is 25.7 Å². The zero-order valence-corrected chi connectivity index (χ0v) is 11.2. The van der Waals surface area contributed by atoms with Gasteiger partial charge in [-0.15, -0.1) is 0 Å². The van der Waals surface area contributed by atoms with Crippen LogP contribution in [0, 0.1) is 0 Å². The van der Waals surface area contributed by atoms with Crippen molar-refractivity contribution in [1.29, 1.82) is 0 Å². The summed E-state index contributed by atoms with van der Waals surface area (Å²) in [7, 11) is 0.477. The Morgan fingerprint density at radius 1 is 1.28 bits per heavy atom. The molecule has 1 atom stereocenters. The molecule has 0 aliphatic heterocycles. The first-order valence-electron chi connectivity index (χ1n) is 5.88. The van der Waals surface area contributed by atoms with Gasteiger partial charge in [0.15, 0.2) is 0 Å². The number of para-hydroxylation sites is 1. The van der Waals surface area contributed by atoms with Crippen molar-refractivity contribution in [2.45, 2.75) is 30.6 Å². The first-order valence-corrected chi connectivity index (χ1v) is 7.20. The number of benzene rings is 1. The second kappa shape index (κ2) is 7.87. The summed E-state index contributed by atoms with van der Waals surface area (Å²) in [5.74, 6) is 0.405. The van der Waals surface area contributed by atoms with Crippen molar-refractivity contribution in [3.05, 3.63) is 24.3 Å². The fourth-order valence-corrected chi connectivity index (χ4v) is 2.90. The van der Waals surface area contributed by atoms with Crippen LogP contribution in [0.2, 0.25) is 0 Å². The Balaban J connectivity index is 2.38. The van der Waals surface area contributed by atoms with Gasteiger partial charge in [-0.05, 0) is 25.0 Å². The Morgan fingerprint density at radius 3 is 2.67 bits per heavy atom. The maximum atomic E-state index is 12.0. The molecule has 4 nitrogen and oxygen atoms in total. The van der Waals surface area contributed by atoms with E-state index in [9.17, 15) is 9.00 Å². The number of unbranched alkanes of at least 4 members (excludes halogenated alkanes) is 2. The fraction of sp³-hybridized carbons (Fsp3) is 0.462. The van der Waals surface area contributed by atoms with Gasteiger partial charge in [-0.3, -0.25) is 9.00 Å². The normalized spacial score (nSPS) is 12.1. The molecule has 0 aliphatic carbocycles. The summed E-state index contributed by atoms with van der Waals surface area (Å²) in [6.45, 7) is 0. The zero-order valence-electron chi connectivity index (χ0n) is 10.4. The average Bonchev–Trinajstić information content (AvgIpc) is 2.37. The highest BCUT2D eigenvalue weighted by molar-refractivity contribution is 7.85. The Morgan fingerprint density at radius 2 is 2.00 bits per heavy atom. The molecule has 1 rings (SSSR count). The maximum Gasteiger partial charge on any atom is 0.303 e. The molecule has 0 heterocycles. The number of aliphatic carboxylic acids is 1. The van der Waals surface area contributed by atoms with Gasteiger partial charge in [-0.2, -0.15) is 0 Å². The van der Waals surface area contributed by atoms with Crippen LogP contribution in [-0.4, -0.2) is 28.1 Å². The van der Waals surface area contributed by atoms with Crippen molar-refractivity contribution >= 4 is 16.8 Å². The molecule has 0 aliphatic rings. The molecule has 1 aromatic rings. The number of hydrogen-bond donors (Lipinski definition) is 1. The number of rotatable bonds is 8. The van der Waals surface area contributed by atoms with Crippen LogP contribution in [0.5, 0.6) is 5.75 Å². The molecule has 0 amide bonds. The number of carbonyl (C=O) groups is 1. The van der Waals surface area contributed by atoms with E-state index in [0.717, 1.165) is 12.8 Å². The molecule has 18 heavy (non-hydrogen) atoms. The van der Waals surface area contributed by atoms with E-state index in [1.807, 2.05) is 12.1 Å². The lowest BCUT2D eigenvalue weighted by molar-refractivity contribution is -0.137. The van der Waals surface area contributed by atoms with Gasteiger partial charge in [0.1, 0.15) is 5.75 Å². The lowest BCUT2D eigenvalue weighted by Gasteiger charge is -2.07. The van der Waals surface area contributed by atoms with Crippen molar-refractivity contribution in [2.24, 2.45) is 0 Å². The van der Waals surface area contributed by atoms with Gasteiger partial charge in [0.2, 0.25) is 0 Å². The molecule has 0 aromatic heterocycles. The number of carboxylic acid groups (broad SMARTS) is 1. The summed E-state index contributed by atoms with van der Waals surface area (Å²) in [5.41, 5.74) is 0. The molecule has 100 valence electrons. The molecule has 0 fully saturated rings. The summed E-state index contributed by atoms with van der Waals surface area (Å²) in [6, 6.07) is 7.26. The second-order valence-corrected chi connectivity index (χ2v) is 5.44. The minimum atomic E-state index is -1.08. The van der Waals surface area contributed by atoms with E-state index in [2.05, 4.69) is 0 Å². The molecule has 0 radical (unpaired) electrons. The Kier molecular flexibility index (Phi) is 6.43. The topological polar surface area (TPSA) is 63.6 Å². The molecule has 1 N–H and O–H groups in total. The van der Waals surface area contributed by atoms with Crippen molar-refractivity contribution in [3.8, 4) is 5.75 Å². The lowest BCUT2D eigenvalue weighted by Crippen LogP contribution is -2.01. The average molecular weight is 270 g/mol. The molecular weight excluding hydrogens is 252 g/mol. The molecule has 1 unspecified atom stereocenters. The third-order valence-corrected chi connectivity index (χ3v) is 4.02. The highest BCUT2D eigenvalue weighted by Gasteiger charge is 2.09. The van der Waals surface area contributed by atoms with Gasteiger partial charge in [0.05, 0.1) is 22.8 Å². The van der Waals surface area contributed by atoms with Gasteiger partial charge < -0.3 is 9.84 Å². The highest BCUT2D eigenvalue weighted by atomic mass is 32.2. The minimum absolute atomic E-state index is 0.182. The molecule has 0 saturated heterocycles. The van der Waals surface area contributed by atoms with Crippen LogP contribution >= 0.6 is 0 Å². The SMILES string of the molecule is COc1ccccc1S(=O)CCCCCC(=O)O. The fourth-order valence-electron chi connectivity index (χ4n) is 1.60. The molecule has 0 bridgehead atoms. The number of methoxy groups -OCH3 is 1. The van der Waals surface area contributed by atoms with Gasteiger partial charge in [0, 0.05) is 12.2 Å². The van der Waals surface area contributed by atoms with E-state index in [0.29, 0.717) is 22.8 Å². The summed E-state index contributed by atoms with van der Waals surface area (Å²) in [6.07, 6.45) is 2.37. The quantitative estimate of drug-likeness (QED) is 0.737. The molecular formula is C13H18O4S. The molecule has 1 aromatic carbocycles. The largest absolute Gasteiger partial charge is 0.495 e. The van der Waals surface area contributed by atoms with Crippen molar-refractivity contribution < 1.29 is 18.8 Å². The van der Waals surface area contributed by atoms with E-state index >= 15 is 0 Å². The molecule has 0 saturated carbocycles. The number of ether oxygens (including phenoxy) is 1. The van der Waals surface area contributed by atoms with Gasteiger partial charge in [-0.25, -0.2) is 0 Å². The van der Waals surface area contributed by atoms with Crippen LogP contribution < -0.4 is 4.74 Å². The Bertz CT molecular complexity index is 417. The Hall–Kier alpha value is -1.36. The lowest BCUT2D eigenvalue weighted by atomic mass is 10.2. The van der Waals surface area contributed by atoms with E-state index in [1.165, 1.54) is 0 Å². The second-order valence-electron chi connectivity index (χ2n) is 3.90. The van der Waals surface area contributed by atoms with E-state index in [-0.39, 0.29) is 6.42 Å². The van der Waals surface area contributed by atoms with Crippen molar-refractivity contribution in [1.82, 2.24) is 0 Å². The zero-order chi connectivity index (χ0) is 13.4. The summed E-state index contributed by atoms with van der Waals surface area (Å²) < 4.78 is 17.2. The van der Waals surface area contributed by atoms with E-state index in [1.54, 1.807) is 19.2 Å². The van der Waals surface area contributed by atoms with E-state index in [4.69, 9.17) is 9.84 Å². The molecule has 5 heteroatoms. The number of carboxylic acids is 1. The predicted octanol–water partition coefficient (Wildman–Crippen LogP) is 2.45.